The van der Waals surface area contributed by atoms with Crippen LogP contribution in [0.3, 0.4) is 0 Å². The summed E-state index contributed by atoms with van der Waals surface area (Å²) in [6.45, 7) is 6.38. The minimum absolute atomic E-state index is 0.110. The van der Waals surface area contributed by atoms with Gasteiger partial charge in [0.2, 0.25) is 0 Å². The summed E-state index contributed by atoms with van der Waals surface area (Å²) in [6, 6.07) is 3.76. The summed E-state index contributed by atoms with van der Waals surface area (Å²) in [5, 5.41) is 9.72. The van der Waals surface area contributed by atoms with Crippen molar-refractivity contribution in [3.8, 4) is 5.75 Å². The zero-order valence-corrected chi connectivity index (χ0v) is 8.87. The first kappa shape index (κ1) is 11.0. The first-order valence-electron chi connectivity index (χ1n) is 4.68. The highest BCUT2D eigenvalue weighted by molar-refractivity contribution is 5.42. The van der Waals surface area contributed by atoms with E-state index in [0.717, 1.165) is 11.1 Å². The number of aryl methyl sites for hydroxylation is 2. The zero-order valence-electron chi connectivity index (χ0n) is 8.87. The highest BCUT2D eigenvalue weighted by Gasteiger charge is 2.11. The van der Waals surface area contributed by atoms with Gasteiger partial charge in [0.25, 0.3) is 0 Å². The Morgan fingerprint density at radius 1 is 1.36 bits per heavy atom. The number of benzene rings is 1. The molecule has 3 N–H and O–H groups in total. The average molecular weight is 195 g/mol. The van der Waals surface area contributed by atoms with Gasteiger partial charge in [0.1, 0.15) is 5.75 Å². The van der Waals surface area contributed by atoms with Gasteiger partial charge in [-0.3, -0.25) is 0 Å². The van der Waals surface area contributed by atoms with Crippen LogP contribution in [-0.2, 0) is 4.84 Å². The third kappa shape index (κ3) is 2.25. The molecule has 0 spiro atoms. The summed E-state index contributed by atoms with van der Waals surface area (Å²) >= 11 is 0. The van der Waals surface area contributed by atoms with Crippen LogP contribution in [-0.4, -0.2) is 11.7 Å². The third-order valence-corrected chi connectivity index (χ3v) is 2.52. The van der Waals surface area contributed by atoms with Gasteiger partial charge < -0.3 is 9.94 Å². The lowest BCUT2D eigenvalue weighted by atomic mass is 9.96. The number of phenols is 1. The monoisotopic (exact) mass is 195 g/mol. The summed E-state index contributed by atoms with van der Waals surface area (Å²) in [5.74, 6) is 5.43. The second-order valence-corrected chi connectivity index (χ2v) is 3.73. The molecule has 0 aliphatic rings. The van der Waals surface area contributed by atoms with Crippen LogP contribution in [0.1, 0.15) is 29.5 Å². The van der Waals surface area contributed by atoms with Gasteiger partial charge in [0.05, 0.1) is 6.61 Å². The van der Waals surface area contributed by atoms with Gasteiger partial charge in [-0.05, 0) is 36.6 Å². The predicted octanol–water partition coefficient (Wildman–Crippen LogP) is 2.00. The highest BCUT2D eigenvalue weighted by Crippen LogP contribution is 2.28. The van der Waals surface area contributed by atoms with E-state index in [-0.39, 0.29) is 5.92 Å². The van der Waals surface area contributed by atoms with Crippen LogP contribution in [0.2, 0.25) is 0 Å². The Morgan fingerprint density at radius 2 is 1.93 bits per heavy atom. The zero-order chi connectivity index (χ0) is 10.7. The van der Waals surface area contributed by atoms with E-state index in [1.54, 1.807) is 6.07 Å². The van der Waals surface area contributed by atoms with Crippen molar-refractivity contribution in [2.45, 2.75) is 26.7 Å². The van der Waals surface area contributed by atoms with Gasteiger partial charge in [0, 0.05) is 5.92 Å². The number of nitrogens with two attached hydrogens (primary N) is 1. The third-order valence-electron chi connectivity index (χ3n) is 2.52. The maximum absolute atomic E-state index is 9.72. The van der Waals surface area contributed by atoms with Crippen molar-refractivity contribution in [2.75, 3.05) is 6.61 Å². The number of rotatable bonds is 3. The molecule has 0 fully saturated rings. The average Bonchev–Trinajstić information content (AvgIpc) is 2.11. The number of phenolic OH excluding ortho intramolecular Hbond substituents is 1. The van der Waals surface area contributed by atoms with Crippen LogP contribution in [0.5, 0.6) is 5.75 Å². The molecule has 0 bridgehead atoms. The lowest BCUT2D eigenvalue weighted by Gasteiger charge is -2.14. The summed E-state index contributed by atoms with van der Waals surface area (Å²) in [5.41, 5.74) is 3.15. The van der Waals surface area contributed by atoms with Crippen LogP contribution < -0.4 is 5.90 Å². The first-order valence-corrected chi connectivity index (χ1v) is 4.68. The van der Waals surface area contributed by atoms with Crippen LogP contribution >= 0.6 is 0 Å². The molecular formula is C11H17NO2. The quantitative estimate of drug-likeness (QED) is 0.725. The Morgan fingerprint density at radius 3 is 2.50 bits per heavy atom. The number of hydrogen-bond donors (Lipinski definition) is 2. The van der Waals surface area contributed by atoms with E-state index in [1.807, 2.05) is 26.8 Å². The molecule has 0 saturated heterocycles. The van der Waals surface area contributed by atoms with Crippen molar-refractivity contribution in [1.29, 1.82) is 0 Å². The summed E-state index contributed by atoms with van der Waals surface area (Å²) < 4.78 is 0. The number of aromatic hydroxyl groups is 1. The van der Waals surface area contributed by atoms with Crippen molar-refractivity contribution in [3.05, 3.63) is 28.8 Å². The standard InChI is InChI=1S/C11H17NO2/c1-7-4-10(9(3)6-14-12)11(13)5-8(7)2/h4-5,9,13H,6,12H2,1-3H3. The normalized spacial score (nSPS) is 12.9. The molecule has 1 aromatic rings. The SMILES string of the molecule is Cc1cc(O)c(C(C)CON)cc1C. The molecule has 78 valence electrons. The van der Waals surface area contributed by atoms with E-state index in [2.05, 4.69) is 4.84 Å². The highest BCUT2D eigenvalue weighted by atomic mass is 16.6. The van der Waals surface area contributed by atoms with Gasteiger partial charge in [-0.2, -0.15) is 0 Å². The molecule has 0 heterocycles. The van der Waals surface area contributed by atoms with E-state index in [1.165, 1.54) is 5.56 Å². The van der Waals surface area contributed by atoms with Gasteiger partial charge in [-0.25, -0.2) is 5.90 Å². The number of hydrogen-bond acceptors (Lipinski definition) is 3. The second-order valence-electron chi connectivity index (χ2n) is 3.73. The Labute approximate surface area is 84.5 Å². The topological polar surface area (TPSA) is 55.5 Å². The fourth-order valence-corrected chi connectivity index (χ4v) is 1.45. The Bertz CT molecular complexity index is 323. The lowest BCUT2D eigenvalue weighted by molar-refractivity contribution is 0.126. The molecule has 1 unspecified atom stereocenters. The van der Waals surface area contributed by atoms with Crippen LogP contribution in [0.25, 0.3) is 0 Å². The predicted molar refractivity (Wildman–Crippen MR) is 56.1 cm³/mol. The van der Waals surface area contributed by atoms with Gasteiger partial charge in [-0.1, -0.05) is 13.0 Å². The van der Waals surface area contributed by atoms with Crippen molar-refractivity contribution in [2.24, 2.45) is 5.90 Å². The molecule has 0 saturated carbocycles. The van der Waals surface area contributed by atoms with Gasteiger partial charge in [0.15, 0.2) is 0 Å². The molecule has 3 nitrogen and oxygen atoms in total. The van der Waals surface area contributed by atoms with Crippen LogP contribution in [0, 0.1) is 13.8 Å². The molecular weight excluding hydrogens is 178 g/mol. The molecule has 3 heteroatoms. The van der Waals surface area contributed by atoms with Crippen molar-refractivity contribution >= 4 is 0 Å². The van der Waals surface area contributed by atoms with E-state index in [9.17, 15) is 5.11 Å². The lowest BCUT2D eigenvalue weighted by Crippen LogP contribution is -2.09. The van der Waals surface area contributed by atoms with Crippen molar-refractivity contribution < 1.29 is 9.94 Å². The summed E-state index contributed by atoms with van der Waals surface area (Å²) in [6.07, 6.45) is 0. The molecule has 14 heavy (non-hydrogen) atoms. The Kier molecular flexibility index (Phi) is 3.49. The largest absolute Gasteiger partial charge is 0.508 e. The maximum Gasteiger partial charge on any atom is 0.119 e. The van der Waals surface area contributed by atoms with Crippen molar-refractivity contribution in [3.63, 3.8) is 0 Å². The molecule has 1 rings (SSSR count). The molecule has 0 aliphatic carbocycles. The Hall–Kier alpha value is -1.06. The maximum atomic E-state index is 9.72. The second kappa shape index (κ2) is 4.44. The summed E-state index contributed by atoms with van der Waals surface area (Å²) in [7, 11) is 0. The molecule has 0 radical (unpaired) electrons. The molecule has 0 aliphatic heterocycles. The molecule has 0 amide bonds. The Balaban J connectivity index is 3.02. The van der Waals surface area contributed by atoms with E-state index in [4.69, 9.17) is 5.90 Å². The van der Waals surface area contributed by atoms with Gasteiger partial charge in [-0.15, -0.1) is 0 Å². The summed E-state index contributed by atoms with van der Waals surface area (Å²) in [4.78, 5) is 4.57. The van der Waals surface area contributed by atoms with E-state index in [0.29, 0.717) is 12.4 Å². The van der Waals surface area contributed by atoms with Gasteiger partial charge >= 0.3 is 0 Å². The van der Waals surface area contributed by atoms with Crippen LogP contribution in [0.15, 0.2) is 12.1 Å². The fourth-order valence-electron chi connectivity index (χ4n) is 1.45. The first-order chi connectivity index (χ1) is 6.56. The van der Waals surface area contributed by atoms with Crippen LogP contribution in [0.4, 0.5) is 0 Å². The molecule has 1 aromatic carbocycles. The molecule has 0 aromatic heterocycles. The van der Waals surface area contributed by atoms with E-state index < -0.39 is 0 Å². The minimum Gasteiger partial charge on any atom is -0.508 e. The molecule has 1 atom stereocenters. The fraction of sp³-hybridized carbons (Fsp3) is 0.455. The van der Waals surface area contributed by atoms with E-state index >= 15 is 0 Å². The minimum atomic E-state index is 0.110. The van der Waals surface area contributed by atoms with Crippen molar-refractivity contribution in [1.82, 2.24) is 0 Å². The smallest absolute Gasteiger partial charge is 0.119 e.